The van der Waals surface area contributed by atoms with Gasteiger partial charge in [0, 0.05) is 23.9 Å². The van der Waals surface area contributed by atoms with Gasteiger partial charge in [0.05, 0.1) is 19.3 Å². The molecule has 4 rings (SSSR count). The van der Waals surface area contributed by atoms with Crippen molar-refractivity contribution < 1.29 is 19.0 Å². The minimum Gasteiger partial charge on any atom is -0.486 e. The molecule has 0 aliphatic carbocycles. The van der Waals surface area contributed by atoms with E-state index in [1.54, 1.807) is 30.6 Å². The molecule has 6 nitrogen and oxygen atoms in total. The number of nitrogens with zero attached hydrogens (tertiary/aromatic N) is 1. The number of pyridine rings is 1. The molecule has 1 aromatic carbocycles. The predicted molar refractivity (Wildman–Crippen MR) is 90.9 cm³/mol. The molecule has 2 aliphatic heterocycles. The van der Waals surface area contributed by atoms with Crippen molar-refractivity contribution in [3.8, 4) is 11.5 Å². The van der Waals surface area contributed by atoms with Gasteiger partial charge in [0.1, 0.15) is 13.2 Å². The Kier molecular flexibility index (Phi) is 4.52. The lowest BCUT2D eigenvalue weighted by Gasteiger charge is -2.21. The predicted octanol–water partition coefficient (Wildman–Crippen LogP) is 1.84. The molecule has 130 valence electrons. The highest BCUT2D eigenvalue weighted by Gasteiger charge is 2.30. The molecule has 6 heteroatoms. The zero-order valence-electron chi connectivity index (χ0n) is 13.8. The van der Waals surface area contributed by atoms with E-state index in [9.17, 15) is 4.79 Å². The molecule has 0 saturated carbocycles. The van der Waals surface area contributed by atoms with Gasteiger partial charge in [-0.3, -0.25) is 9.78 Å². The summed E-state index contributed by atoms with van der Waals surface area (Å²) in [5, 5.41) is 3.10. The average molecular weight is 340 g/mol. The van der Waals surface area contributed by atoms with Crippen LogP contribution in [0.15, 0.2) is 42.7 Å². The highest BCUT2D eigenvalue weighted by Crippen LogP contribution is 2.31. The van der Waals surface area contributed by atoms with E-state index in [0.717, 1.165) is 6.42 Å². The van der Waals surface area contributed by atoms with E-state index in [4.69, 9.17) is 14.2 Å². The van der Waals surface area contributed by atoms with Crippen LogP contribution in [0.25, 0.3) is 0 Å². The fraction of sp³-hybridized carbons (Fsp3) is 0.368. The molecule has 1 N–H and O–H groups in total. The van der Waals surface area contributed by atoms with E-state index in [1.807, 2.05) is 12.1 Å². The van der Waals surface area contributed by atoms with E-state index in [1.165, 1.54) is 5.56 Å². The molecule has 1 fully saturated rings. The maximum atomic E-state index is 12.6. The van der Waals surface area contributed by atoms with Crippen LogP contribution < -0.4 is 14.8 Å². The Balaban J connectivity index is 1.43. The molecular formula is C19H20N2O4. The molecule has 0 unspecified atom stereocenters. The number of carbonyl (C=O) groups excluding carboxylic acids is 1. The lowest BCUT2D eigenvalue weighted by Crippen LogP contribution is -2.40. The van der Waals surface area contributed by atoms with Crippen molar-refractivity contribution in [3.63, 3.8) is 0 Å². The zero-order valence-corrected chi connectivity index (χ0v) is 13.8. The third kappa shape index (κ3) is 3.58. The van der Waals surface area contributed by atoms with Crippen LogP contribution >= 0.6 is 0 Å². The molecule has 0 bridgehead atoms. The molecule has 2 aliphatic rings. The van der Waals surface area contributed by atoms with Gasteiger partial charge in [0.15, 0.2) is 11.5 Å². The van der Waals surface area contributed by atoms with Crippen LogP contribution in [-0.2, 0) is 11.2 Å². The van der Waals surface area contributed by atoms with Gasteiger partial charge in [-0.05, 0) is 42.3 Å². The van der Waals surface area contributed by atoms with Gasteiger partial charge in [-0.25, -0.2) is 0 Å². The average Bonchev–Trinajstić information content (AvgIpc) is 3.08. The smallest absolute Gasteiger partial charge is 0.251 e. The van der Waals surface area contributed by atoms with Crippen LogP contribution in [0.4, 0.5) is 0 Å². The molecular weight excluding hydrogens is 320 g/mol. The molecule has 0 spiro atoms. The van der Waals surface area contributed by atoms with E-state index in [2.05, 4.69) is 10.3 Å². The van der Waals surface area contributed by atoms with Crippen LogP contribution in [-0.4, -0.2) is 43.4 Å². The fourth-order valence-corrected chi connectivity index (χ4v) is 3.22. The van der Waals surface area contributed by atoms with Crippen molar-refractivity contribution >= 4 is 5.91 Å². The molecule has 1 aromatic heterocycles. The van der Waals surface area contributed by atoms with Crippen molar-refractivity contribution in [1.29, 1.82) is 0 Å². The Morgan fingerprint density at radius 2 is 1.88 bits per heavy atom. The first kappa shape index (κ1) is 15.9. The summed E-state index contributed by atoms with van der Waals surface area (Å²) in [6, 6.07) is 9.27. The summed E-state index contributed by atoms with van der Waals surface area (Å²) in [6.07, 6.45) is 4.43. The van der Waals surface area contributed by atoms with Gasteiger partial charge in [-0.1, -0.05) is 0 Å². The maximum Gasteiger partial charge on any atom is 0.251 e. The molecule has 0 radical (unpaired) electrons. The zero-order chi connectivity index (χ0) is 17.1. The normalized spacial score (nSPS) is 21.8. The van der Waals surface area contributed by atoms with Crippen LogP contribution in [0.1, 0.15) is 15.9 Å². The summed E-state index contributed by atoms with van der Waals surface area (Å²) in [6.45, 7) is 2.22. The summed E-state index contributed by atoms with van der Waals surface area (Å²) in [7, 11) is 0. The van der Waals surface area contributed by atoms with Crippen molar-refractivity contribution in [1.82, 2.24) is 10.3 Å². The lowest BCUT2D eigenvalue weighted by molar-refractivity contribution is 0.0924. The summed E-state index contributed by atoms with van der Waals surface area (Å²) in [5.41, 5.74) is 1.77. The number of fused-ring (bicyclic) bond motifs is 1. The quantitative estimate of drug-likeness (QED) is 0.920. The second-order valence-corrected chi connectivity index (χ2v) is 6.30. The number of rotatable bonds is 4. The van der Waals surface area contributed by atoms with Gasteiger partial charge in [-0.2, -0.15) is 0 Å². The lowest BCUT2D eigenvalue weighted by atomic mass is 9.95. The molecule has 3 heterocycles. The highest BCUT2D eigenvalue weighted by molar-refractivity contribution is 5.95. The van der Waals surface area contributed by atoms with Gasteiger partial charge in [0.25, 0.3) is 5.91 Å². The third-order valence-electron chi connectivity index (χ3n) is 4.57. The number of hydrogen-bond acceptors (Lipinski definition) is 5. The number of carbonyl (C=O) groups is 1. The van der Waals surface area contributed by atoms with Crippen molar-refractivity contribution in [2.24, 2.45) is 5.92 Å². The first-order valence-electron chi connectivity index (χ1n) is 8.47. The monoisotopic (exact) mass is 340 g/mol. The Bertz CT molecular complexity index is 750. The van der Waals surface area contributed by atoms with E-state index in [0.29, 0.717) is 43.5 Å². The maximum absolute atomic E-state index is 12.6. The largest absolute Gasteiger partial charge is 0.486 e. The Labute approximate surface area is 146 Å². The third-order valence-corrected chi connectivity index (χ3v) is 4.57. The Morgan fingerprint density at radius 3 is 2.72 bits per heavy atom. The topological polar surface area (TPSA) is 69.7 Å². The minimum atomic E-state index is -0.118. The highest BCUT2D eigenvalue weighted by atomic mass is 16.6. The molecule has 25 heavy (non-hydrogen) atoms. The van der Waals surface area contributed by atoms with Crippen molar-refractivity contribution in [2.75, 3.05) is 26.4 Å². The van der Waals surface area contributed by atoms with Gasteiger partial charge >= 0.3 is 0 Å². The number of aromatic nitrogens is 1. The van der Waals surface area contributed by atoms with Crippen LogP contribution in [0.3, 0.4) is 0 Å². The minimum absolute atomic E-state index is 0.00568. The second-order valence-electron chi connectivity index (χ2n) is 6.30. The fourth-order valence-electron chi connectivity index (χ4n) is 3.22. The Hall–Kier alpha value is -2.60. The number of ether oxygens (including phenoxy) is 3. The van der Waals surface area contributed by atoms with Crippen LogP contribution in [0.5, 0.6) is 11.5 Å². The number of benzene rings is 1. The summed E-state index contributed by atoms with van der Waals surface area (Å²) < 4.78 is 16.6. The Morgan fingerprint density at radius 1 is 1.08 bits per heavy atom. The summed E-state index contributed by atoms with van der Waals surface area (Å²) in [4.78, 5) is 16.7. The number of amides is 1. The molecule has 2 aromatic rings. The van der Waals surface area contributed by atoms with Gasteiger partial charge < -0.3 is 19.5 Å². The van der Waals surface area contributed by atoms with E-state index < -0.39 is 0 Å². The van der Waals surface area contributed by atoms with E-state index in [-0.39, 0.29) is 17.9 Å². The summed E-state index contributed by atoms with van der Waals surface area (Å²) >= 11 is 0. The van der Waals surface area contributed by atoms with Crippen molar-refractivity contribution in [2.45, 2.75) is 12.5 Å². The first-order chi connectivity index (χ1) is 12.3. The van der Waals surface area contributed by atoms with Gasteiger partial charge in [0.2, 0.25) is 0 Å². The molecule has 1 amide bonds. The first-order valence-corrected chi connectivity index (χ1v) is 8.47. The van der Waals surface area contributed by atoms with Crippen molar-refractivity contribution in [3.05, 3.63) is 53.9 Å². The summed E-state index contributed by atoms with van der Waals surface area (Å²) in [5.74, 6) is 1.44. The SMILES string of the molecule is O=C(N[C@@H]1COC[C@H]1Cc1ccncc1)c1ccc2c(c1)OCCO2. The second kappa shape index (κ2) is 7.11. The number of hydrogen-bond donors (Lipinski definition) is 1. The number of nitrogens with one attached hydrogen (secondary N) is 1. The van der Waals surface area contributed by atoms with E-state index >= 15 is 0 Å². The standard InChI is InChI=1S/C19H20N2O4/c22-19(14-1-2-17-18(10-14)25-8-7-24-17)21-16-12-23-11-15(16)9-13-3-5-20-6-4-13/h1-6,10,15-16H,7-9,11-12H2,(H,21,22)/t15-,16-/m1/s1. The van der Waals surface area contributed by atoms with Gasteiger partial charge in [-0.15, -0.1) is 0 Å². The molecule has 1 saturated heterocycles. The van der Waals surface area contributed by atoms with Crippen LogP contribution in [0, 0.1) is 5.92 Å². The molecule has 2 atom stereocenters. The van der Waals surface area contributed by atoms with Crippen LogP contribution in [0.2, 0.25) is 0 Å².